The molecule has 0 amide bonds. The van der Waals surface area contributed by atoms with E-state index in [1.807, 2.05) is 91.9 Å². The molecule has 0 N–H and O–H groups in total. The predicted molar refractivity (Wildman–Crippen MR) is 105 cm³/mol. The van der Waals surface area contributed by atoms with E-state index < -0.39 is 0 Å². The van der Waals surface area contributed by atoms with Crippen molar-refractivity contribution >= 4 is 11.7 Å². The lowest BCUT2D eigenvalue weighted by Crippen LogP contribution is -2.23. The van der Waals surface area contributed by atoms with Crippen LogP contribution in [0.3, 0.4) is 0 Å². The van der Waals surface area contributed by atoms with Crippen molar-refractivity contribution in [2.24, 2.45) is 0 Å². The van der Waals surface area contributed by atoms with Crippen molar-refractivity contribution in [2.75, 3.05) is 6.61 Å². The van der Waals surface area contributed by atoms with E-state index in [2.05, 4.69) is 0 Å². The summed E-state index contributed by atoms with van der Waals surface area (Å²) in [6.07, 6.45) is 0. The molecule has 4 rings (SSSR count). The monoisotopic (exact) mass is 356 g/mol. The van der Waals surface area contributed by atoms with E-state index in [4.69, 9.17) is 9.47 Å². The third-order valence-corrected chi connectivity index (χ3v) is 4.64. The molecule has 1 unspecified atom stereocenters. The summed E-state index contributed by atoms with van der Waals surface area (Å²) in [5.74, 6) is 0.727. The van der Waals surface area contributed by atoms with Crippen LogP contribution in [0, 0.1) is 0 Å². The first-order valence-electron chi connectivity index (χ1n) is 9.08. The van der Waals surface area contributed by atoms with Crippen LogP contribution in [0.2, 0.25) is 0 Å². The van der Waals surface area contributed by atoms with Gasteiger partial charge in [-0.05, 0) is 18.6 Å². The van der Waals surface area contributed by atoms with Crippen LogP contribution < -0.4 is 4.74 Å². The summed E-state index contributed by atoms with van der Waals surface area (Å²) in [5, 5.41) is 0. The maximum Gasteiger partial charge on any atom is 0.338 e. The Morgan fingerprint density at radius 1 is 0.889 bits per heavy atom. The standard InChI is InChI=1S/C24H20O3/c1-2-26-24(25)22-21(17-11-5-3-6-12-17)19-15-9-10-16-20(19)27-23(22)18-13-7-4-8-14-18/h3-16,21H,2H2,1H3. The minimum absolute atomic E-state index is 0.245. The lowest BCUT2D eigenvalue weighted by atomic mass is 9.81. The molecule has 0 bridgehead atoms. The van der Waals surface area contributed by atoms with Gasteiger partial charge in [-0.15, -0.1) is 0 Å². The Kier molecular flexibility index (Phi) is 4.75. The van der Waals surface area contributed by atoms with Gasteiger partial charge in [0, 0.05) is 17.0 Å². The van der Waals surface area contributed by atoms with Gasteiger partial charge in [-0.3, -0.25) is 0 Å². The van der Waals surface area contributed by atoms with Crippen LogP contribution in [0.5, 0.6) is 5.75 Å². The zero-order valence-corrected chi connectivity index (χ0v) is 15.1. The number of carbonyl (C=O) groups is 1. The Morgan fingerprint density at radius 2 is 1.52 bits per heavy atom. The zero-order valence-electron chi connectivity index (χ0n) is 15.1. The number of para-hydroxylation sites is 1. The predicted octanol–water partition coefficient (Wildman–Crippen LogP) is 5.19. The first-order chi connectivity index (χ1) is 13.3. The van der Waals surface area contributed by atoms with Gasteiger partial charge in [0.1, 0.15) is 11.5 Å². The normalized spacial score (nSPS) is 15.7. The van der Waals surface area contributed by atoms with Crippen LogP contribution in [-0.2, 0) is 9.53 Å². The summed E-state index contributed by atoms with van der Waals surface area (Å²) in [4.78, 5) is 13.0. The van der Waals surface area contributed by atoms with Crippen molar-refractivity contribution in [3.05, 3.63) is 107 Å². The van der Waals surface area contributed by atoms with Crippen molar-refractivity contribution in [1.82, 2.24) is 0 Å². The summed E-state index contributed by atoms with van der Waals surface area (Å²) in [7, 11) is 0. The number of fused-ring (bicyclic) bond motifs is 1. The highest BCUT2D eigenvalue weighted by Crippen LogP contribution is 2.45. The van der Waals surface area contributed by atoms with Crippen molar-refractivity contribution in [3.8, 4) is 5.75 Å². The molecule has 1 aliphatic rings. The van der Waals surface area contributed by atoms with E-state index >= 15 is 0 Å². The molecule has 3 heteroatoms. The SMILES string of the molecule is CCOC(=O)C1=C(c2ccccc2)Oc2ccccc2C1c1ccccc1. The smallest absolute Gasteiger partial charge is 0.338 e. The summed E-state index contributed by atoms with van der Waals surface area (Å²) < 4.78 is 11.7. The van der Waals surface area contributed by atoms with Gasteiger partial charge in [0.15, 0.2) is 0 Å². The largest absolute Gasteiger partial charge is 0.463 e. The van der Waals surface area contributed by atoms with Gasteiger partial charge in [-0.25, -0.2) is 4.79 Å². The van der Waals surface area contributed by atoms with E-state index in [-0.39, 0.29) is 11.9 Å². The minimum atomic E-state index is -0.347. The fraction of sp³-hybridized carbons (Fsp3) is 0.125. The molecule has 0 spiro atoms. The van der Waals surface area contributed by atoms with Crippen LogP contribution in [0.25, 0.3) is 5.76 Å². The lowest BCUT2D eigenvalue weighted by Gasteiger charge is -2.30. The molecule has 0 aromatic heterocycles. The molecule has 0 saturated carbocycles. The van der Waals surface area contributed by atoms with E-state index in [1.54, 1.807) is 0 Å². The first-order valence-corrected chi connectivity index (χ1v) is 9.08. The molecule has 27 heavy (non-hydrogen) atoms. The number of esters is 1. The summed E-state index contributed by atoms with van der Waals surface area (Å²) in [6.45, 7) is 2.13. The quantitative estimate of drug-likeness (QED) is 0.604. The molecule has 1 heterocycles. The summed E-state index contributed by atoms with van der Waals surface area (Å²) in [6, 6.07) is 27.6. The average Bonchev–Trinajstić information content (AvgIpc) is 2.73. The number of carbonyl (C=O) groups excluding carboxylic acids is 1. The summed E-state index contributed by atoms with van der Waals surface area (Å²) in [5.41, 5.74) is 3.39. The van der Waals surface area contributed by atoms with Gasteiger partial charge in [-0.1, -0.05) is 78.9 Å². The van der Waals surface area contributed by atoms with E-state index in [1.165, 1.54) is 0 Å². The van der Waals surface area contributed by atoms with E-state index in [0.717, 1.165) is 22.4 Å². The number of rotatable bonds is 4. The fourth-order valence-corrected chi connectivity index (χ4v) is 3.48. The van der Waals surface area contributed by atoms with Crippen molar-refractivity contribution in [2.45, 2.75) is 12.8 Å². The summed E-state index contributed by atoms with van der Waals surface area (Å²) >= 11 is 0. The zero-order chi connectivity index (χ0) is 18.6. The molecular weight excluding hydrogens is 336 g/mol. The topological polar surface area (TPSA) is 35.5 Å². The maximum absolute atomic E-state index is 13.0. The third-order valence-electron chi connectivity index (χ3n) is 4.64. The Morgan fingerprint density at radius 3 is 2.22 bits per heavy atom. The first kappa shape index (κ1) is 17.1. The minimum Gasteiger partial charge on any atom is -0.463 e. The molecule has 0 saturated heterocycles. The van der Waals surface area contributed by atoms with Crippen LogP contribution in [0.15, 0.2) is 90.5 Å². The Balaban J connectivity index is 1.98. The third kappa shape index (κ3) is 3.24. The molecule has 3 nitrogen and oxygen atoms in total. The number of hydrogen-bond acceptors (Lipinski definition) is 3. The van der Waals surface area contributed by atoms with E-state index in [9.17, 15) is 4.79 Å². The molecule has 3 aromatic rings. The van der Waals surface area contributed by atoms with Gasteiger partial charge in [0.25, 0.3) is 0 Å². The van der Waals surface area contributed by atoms with Gasteiger partial charge in [0.05, 0.1) is 12.2 Å². The highest BCUT2D eigenvalue weighted by Gasteiger charge is 2.36. The van der Waals surface area contributed by atoms with Crippen LogP contribution in [-0.4, -0.2) is 12.6 Å². The molecule has 0 fully saturated rings. The Bertz CT molecular complexity index is 975. The number of benzene rings is 3. The molecule has 1 atom stereocenters. The molecule has 0 aliphatic carbocycles. The van der Waals surface area contributed by atoms with Crippen molar-refractivity contribution in [3.63, 3.8) is 0 Å². The maximum atomic E-state index is 13.0. The molecule has 3 aromatic carbocycles. The highest BCUT2D eigenvalue weighted by molar-refractivity contribution is 6.00. The Labute approximate surface area is 158 Å². The van der Waals surface area contributed by atoms with Crippen molar-refractivity contribution in [1.29, 1.82) is 0 Å². The van der Waals surface area contributed by atoms with Gasteiger partial charge < -0.3 is 9.47 Å². The van der Waals surface area contributed by atoms with Gasteiger partial charge >= 0.3 is 5.97 Å². The van der Waals surface area contributed by atoms with Gasteiger partial charge in [-0.2, -0.15) is 0 Å². The van der Waals surface area contributed by atoms with Crippen molar-refractivity contribution < 1.29 is 14.3 Å². The lowest BCUT2D eigenvalue weighted by molar-refractivity contribution is -0.138. The van der Waals surface area contributed by atoms with Gasteiger partial charge in [0.2, 0.25) is 0 Å². The van der Waals surface area contributed by atoms with Crippen LogP contribution in [0.4, 0.5) is 0 Å². The molecular formula is C24H20O3. The van der Waals surface area contributed by atoms with Crippen LogP contribution in [0.1, 0.15) is 29.5 Å². The molecule has 0 radical (unpaired) electrons. The number of hydrogen-bond donors (Lipinski definition) is 0. The second kappa shape index (κ2) is 7.50. The second-order valence-electron chi connectivity index (χ2n) is 6.31. The van der Waals surface area contributed by atoms with E-state index in [0.29, 0.717) is 17.9 Å². The molecule has 1 aliphatic heterocycles. The second-order valence-corrected chi connectivity index (χ2v) is 6.31. The van der Waals surface area contributed by atoms with Crippen LogP contribution >= 0.6 is 0 Å². The fourth-order valence-electron chi connectivity index (χ4n) is 3.48. The Hall–Kier alpha value is -3.33. The average molecular weight is 356 g/mol. The molecule has 134 valence electrons. The number of ether oxygens (including phenoxy) is 2. The highest BCUT2D eigenvalue weighted by atomic mass is 16.5.